The normalized spacial score (nSPS) is 19.2. The largest absolute Gasteiger partial charge is 0.369 e. The molecule has 104 valence electrons. The quantitative estimate of drug-likeness (QED) is 0.706. The van der Waals surface area contributed by atoms with Gasteiger partial charge in [0.05, 0.1) is 25.9 Å². The zero-order chi connectivity index (χ0) is 13.6. The lowest BCUT2D eigenvalue weighted by Gasteiger charge is -2.24. The van der Waals surface area contributed by atoms with Gasteiger partial charge in [0.2, 0.25) is 0 Å². The van der Waals surface area contributed by atoms with Crippen molar-refractivity contribution < 1.29 is 14.2 Å². The van der Waals surface area contributed by atoms with Crippen LogP contribution in [0.25, 0.3) is 0 Å². The van der Waals surface area contributed by atoms with Gasteiger partial charge in [-0.05, 0) is 18.9 Å². The number of hydrogen-bond donors (Lipinski definition) is 0. The molecule has 0 spiro atoms. The first-order valence-corrected chi connectivity index (χ1v) is 6.78. The average molecular weight is 262 g/mol. The first-order valence-electron chi connectivity index (χ1n) is 6.78. The molecule has 2 rings (SSSR count). The van der Waals surface area contributed by atoms with Gasteiger partial charge in [-0.15, -0.1) is 6.58 Å². The summed E-state index contributed by atoms with van der Waals surface area (Å²) in [4.78, 5) is 0. The third-order valence-corrected chi connectivity index (χ3v) is 3.35. The summed E-state index contributed by atoms with van der Waals surface area (Å²) in [6.07, 6.45) is 3.55. The Hall–Kier alpha value is -1.16. The second-order valence-corrected chi connectivity index (χ2v) is 4.94. The topological polar surface area (TPSA) is 27.7 Å². The Balaban J connectivity index is 1.75. The van der Waals surface area contributed by atoms with Crippen LogP contribution in [0.3, 0.4) is 0 Å². The van der Waals surface area contributed by atoms with Gasteiger partial charge < -0.3 is 14.2 Å². The maximum absolute atomic E-state index is 5.85. The molecule has 0 aliphatic carbocycles. The Bertz CT molecular complexity index is 382. The van der Waals surface area contributed by atoms with Crippen molar-refractivity contribution in [3.05, 3.63) is 48.6 Å². The summed E-state index contributed by atoms with van der Waals surface area (Å²) in [5.41, 5.74) is 1.17. The van der Waals surface area contributed by atoms with Gasteiger partial charge in [0.1, 0.15) is 0 Å². The highest BCUT2D eigenvalue weighted by Crippen LogP contribution is 2.25. The summed E-state index contributed by atoms with van der Waals surface area (Å²) in [7, 11) is 0. The SMILES string of the molecule is C=CC(CCC1(C)OCCO1)OCc1ccccc1. The number of hydrogen-bond acceptors (Lipinski definition) is 3. The molecule has 1 saturated heterocycles. The minimum atomic E-state index is -0.447. The zero-order valence-corrected chi connectivity index (χ0v) is 11.5. The van der Waals surface area contributed by atoms with Gasteiger partial charge >= 0.3 is 0 Å². The third-order valence-electron chi connectivity index (χ3n) is 3.35. The Morgan fingerprint density at radius 2 is 2.00 bits per heavy atom. The van der Waals surface area contributed by atoms with Crippen molar-refractivity contribution in [1.82, 2.24) is 0 Å². The molecule has 0 radical (unpaired) electrons. The van der Waals surface area contributed by atoms with Crippen LogP contribution in [0.15, 0.2) is 43.0 Å². The third kappa shape index (κ3) is 4.46. The lowest BCUT2D eigenvalue weighted by molar-refractivity contribution is -0.151. The molecule has 0 amide bonds. The van der Waals surface area contributed by atoms with E-state index in [1.54, 1.807) is 0 Å². The predicted octanol–water partition coefficient (Wildman–Crippen LogP) is 3.30. The van der Waals surface area contributed by atoms with E-state index in [4.69, 9.17) is 14.2 Å². The number of benzene rings is 1. The van der Waals surface area contributed by atoms with Crippen LogP contribution in [0.2, 0.25) is 0 Å². The molecule has 1 heterocycles. The Morgan fingerprint density at radius 1 is 1.32 bits per heavy atom. The highest BCUT2D eigenvalue weighted by atomic mass is 16.7. The fraction of sp³-hybridized carbons (Fsp3) is 0.500. The molecular formula is C16H22O3. The molecule has 0 aromatic heterocycles. The van der Waals surface area contributed by atoms with Crippen molar-refractivity contribution in [2.24, 2.45) is 0 Å². The predicted molar refractivity (Wildman–Crippen MR) is 74.8 cm³/mol. The first-order chi connectivity index (χ1) is 9.22. The molecule has 1 aromatic rings. The van der Waals surface area contributed by atoms with E-state index >= 15 is 0 Å². The fourth-order valence-electron chi connectivity index (χ4n) is 2.15. The van der Waals surface area contributed by atoms with Gasteiger partial charge in [0.15, 0.2) is 5.79 Å². The molecule has 3 heteroatoms. The summed E-state index contributed by atoms with van der Waals surface area (Å²) >= 11 is 0. The Kier molecular flexibility index (Phi) is 5.14. The van der Waals surface area contributed by atoms with Crippen molar-refractivity contribution in [3.8, 4) is 0 Å². The zero-order valence-electron chi connectivity index (χ0n) is 11.5. The minimum Gasteiger partial charge on any atom is -0.369 e. The first kappa shape index (κ1) is 14.3. The van der Waals surface area contributed by atoms with Gasteiger partial charge in [0.25, 0.3) is 0 Å². The van der Waals surface area contributed by atoms with E-state index in [1.807, 2.05) is 31.2 Å². The molecule has 1 aliphatic heterocycles. The lowest BCUT2D eigenvalue weighted by Crippen LogP contribution is -2.27. The Labute approximate surface area is 115 Å². The summed E-state index contributed by atoms with van der Waals surface area (Å²) in [6.45, 7) is 7.79. The van der Waals surface area contributed by atoms with Crippen LogP contribution in [0.1, 0.15) is 25.3 Å². The molecule has 0 saturated carbocycles. The molecule has 1 aliphatic rings. The number of ether oxygens (including phenoxy) is 3. The standard InChI is InChI=1S/C16H22O3/c1-3-15(9-10-16(2)18-11-12-19-16)17-13-14-7-5-4-6-8-14/h3-8,15H,1,9-13H2,2H3. The van der Waals surface area contributed by atoms with E-state index in [0.29, 0.717) is 19.8 Å². The monoisotopic (exact) mass is 262 g/mol. The van der Waals surface area contributed by atoms with Gasteiger partial charge in [-0.2, -0.15) is 0 Å². The average Bonchev–Trinajstić information content (AvgIpc) is 2.87. The van der Waals surface area contributed by atoms with Crippen LogP contribution in [0.4, 0.5) is 0 Å². The van der Waals surface area contributed by atoms with Crippen molar-refractivity contribution in [2.45, 2.75) is 38.3 Å². The van der Waals surface area contributed by atoms with Crippen LogP contribution < -0.4 is 0 Å². The minimum absolute atomic E-state index is 0.0323. The van der Waals surface area contributed by atoms with Crippen LogP contribution >= 0.6 is 0 Å². The number of rotatable bonds is 7. The van der Waals surface area contributed by atoms with E-state index in [1.165, 1.54) is 5.56 Å². The summed E-state index contributed by atoms with van der Waals surface area (Å²) in [5, 5.41) is 0. The van der Waals surface area contributed by atoms with Crippen molar-refractivity contribution >= 4 is 0 Å². The van der Waals surface area contributed by atoms with Gasteiger partial charge in [-0.3, -0.25) is 0 Å². The van der Waals surface area contributed by atoms with E-state index in [-0.39, 0.29) is 6.10 Å². The van der Waals surface area contributed by atoms with E-state index in [9.17, 15) is 0 Å². The van der Waals surface area contributed by atoms with Crippen molar-refractivity contribution in [3.63, 3.8) is 0 Å². The van der Waals surface area contributed by atoms with E-state index in [0.717, 1.165) is 12.8 Å². The maximum atomic E-state index is 5.85. The molecule has 0 bridgehead atoms. The Morgan fingerprint density at radius 3 is 2.63 bits per heavy atom. The van der Waals surface area contributed by atoms with Crippen LogP contribution in [-0.4, -0.2) is 25.1 Å². The van der Waals surface area contributed by atoms with Crippen molar-refractivity contribution in [1.29, 1.82) is 0 Å². The fourth-order valence-corrected chi connectivity index (χ4v) is 2.15. The van der Waals surface area contributed by atoms with Gasteiger partial charge in [0, 0.05) is 6.42 Å². The highest BCUT2D eigenvalue weighted by molar-refractivity contribution is 5.13. The van der Waals surface area contributed by atoms with E-state index in [2.05, 4.69) is 18.7 Å². The van der Waals surface area contributed by atoms with Gasteiger partial charge in [-0.25, -0.2) is 0 Å². The molecule has 3 nitrogen and oxygen atoms in total. The summed E-state index contributed by atoms with van der Waals surface area (Å²) < 4.78 is 17.0. The summed E-state index contributed by atoms with van der Waals surface area (Å²) in [5.74, 6) is -0.447. The molecule has 1 fully saturated rings. The van der Waals surface area contributed by atoms with Crippen LogP contribution in [0.5, 0.6) is 0 Å². The molecule has 19 heavy (non-hydrogen) atoms. The molecule has 1 unspecified atom stereocenters. The second-order valence-electron chi connectivity index (χ2n) is 4.94. The second kappa shape index (κ2) is 6.85. The van der Waals surface area contributed by atoms with Crippen molar-refractivity contribution in [2.75, 3.05) is 13.2 Å². The van der Waals surface area contributed by atoms with Gasteiger partial charge in [-0.1, -0.05) is 36.4 Å². The molecule has 1 atom stereocenters. The smallest absolute Gasteiger partial charge is 0.165 e. The molecule has 0 N–H and O–H groups in total. The van der Waals surface area contributed by atoms with Crippen LogP contribution in [-0.2, 0) is 20.8 Å². The van der Waals surface area contributed by atoms with E-state index < -0.39 is 5.79 Å². The lowest BCUT2D eigenvalue weighted by atomic mass is 10.1. The molecule has 1 aromatic carbocycles. The highest BCUT2D eigenvalue weighted by Gasteiger charge is 2.31. The maximum Gasteiger partial charge on any atom is 0.165 e. The summed E-state index contributed by atoms with van der Waals surface area (Å²) in [6, 6.07) is 10.2. The van der Waals surface area contributed by atoms with Crippen LogP contribution in [0, 0.1) is 0 Å². The molecular weight excluding hydrogens is 240 g/mol.